The molecular formula is C28H45N3O4. The molecule has 0 spiro atoms. The van der Waals surface area contributed by atoms with Gasteiger partial charge in [-0.05, 0) is 32.4 Å². The van der Waals surface area contributed by atoms with E-state index < -0.39 is 5.97 Å². The molecule has 0 aliphatic carbocycles. The lowest BCUT2D eigenvalue weighted by molar-refractivity contribution is -0.136. The molecule has 0 bridgehead atoms. The van der Waals surface area contributed by atoms with Crippen molar-refractivity contribution >= 4 is 17.6 Å². The summed E-state index contributed by atoms with van der Waals surface area (Å²) in [7, 11) is 0. The van der Waals surface area contributed by atoms with E-state index in [-0.39, 0.29) is 17.9 Å². The quantitative estimate of drug-likeness (QED) is 0.176. The van der Waals surface area contributed by atoms with Crippen LogP contribution in [0.3, 0.4) is 0 Å². The molecule has 0 aromatic carbocycles. The van der Waals surface area contributed by atoms with Gasteiger partial charge in [0.2, 0.25) is 5.91 Å². The fourth-order valence-corrected chi connectivity index (χ4v) is 4.13. The molecule has 0 unspecified atom stereocenters. The summed E-state index contributed by atoms with van der Waals surface area (Å²) in [6.45, 7) is 12.8. The summed E-state index contributed by atoms with van der Waals surface area (Å²) in [6.07, 6.45) is 16.1. The summed E-state index contributed by atoms with van der Waals surface area (Å²) in [6, 6.07) is 0. The first-order valence-corrected chi connectivity index (χ1v) is 13.3. The summed E-state index contributed by atoms with van der Waals surface area (Å²) in [5.74, 6) is 0.715. The Balaban J connectivity index is 1.79. The van der Waals surface area contributed by atoms with E-state index >= 15 is 0 Å². The van der Waals surface area contributed by atoms with Gasteiger partial charge in [-0.1, -0.05) is 90.6 Å². The molecule has 0 saturated carbocycles. The van der Waals surface area contributed by atoms with Crippen LogP contribution in [-0.2, 0) is 19.2 Å². The van der Waals surface area contributed by atoms with Crippen molar-refractivity contribution < 1.29 is 19.2 Å². The van der Waals surface area contributed by atoms with Crippen LogP contribution >= 0.6 is 0 Å². The standard InChI is InChI=1S/C28H45N3O4/c1-7-8-9-10-11-12-13-14-15-16-19-29-24(32)20-31-21(2)22(3)34-25(31)18-17-23-26(28(4,5)6)30-35-27(23)33/h17-18H,7-16,19-20H2,1-6H3,(H,29,32). The van der Waals surface area contributed by atoms with Crippen LogP contribution in [0.15, 0.2) is 40.2 Å². The van der Waals surface area contributed by atoms with Crippen molar-refractivity contribution in [1.82, 2.24) is 10.2 Å². The minimum Gasteiger partial charge on any atom is -0.444 e. The minimum absolute atomic E-state index is 0.0469. The Labute approximate surface area is 211 Å². The van der Waals surface area contributed by atoms with Gasteiger partial charge in [0.15, 0.2) is 5.88 Å². The summed E-state index contributed by atoms with van der Waals surface area (Å²) in [4.78, 5) is 31.4. The first kappa shape index (κ1) is 28.7. The molecule has 35 heavy (non-hydrogen) atoms. The van der Waals surface area contributed by atoms with Gasteiger partial charge < -0.3 is 19.8 Å². The molecule has 2 aliphatic heterocycles. The zero-order chi connectivity index (χ0) is 25.8. The number of allylic oxidation sites excluding steroid dienone is 4. The van der Waals surface area contributed by atoms with Gasteiger partial charge in [0.25, 0.3) is 0 Å². The fraction of sp³-hybridized carbons (Fsp3) is 0.679. The third-order valence-corrected chi connectivity index (χ3v) is 6.39. The highest BCUT2D eigenvalue weighted by Gasteiger charge is 2.34. The van der Waals surface area contributed by atoms with Gasteiger partial charge in [-0.3, -0.25) is 4.79 Å². The Hall–Kier alpha value is -2.57. The third kappa shape index (κ3) is 9.19. The summed E-state index contributed by atoms with van der Waals surface area (Å²) >= 11 is 0. The van der Waals surface area contributed by atoms with Crippen molar-refractivity contribution in [3.63, 3.8) is 0 Å². The zero-order valence-electron chi connectivity index (χ0n) is 22.7. The highest BCUT2D eigenvalue weighted by Crippen LogP contribution is 2.30. The average molecular weight is 488 g/mol. The second-order valence-corrected chi connectivity index (χ2v) is 10.5. The molecule has 1 amide bonds. The molecule has 0 aromatic rings. The predicted octanol–water partition coefficient (Wildman–Crippen LogP) is 6.33. The van der Waals surface area contributed by atoms with Crippen LogP contribution in [0.25, 0.3) is 0 Å². The Morgan fingerprint density at radius 3 is 2.17 bits per heavy atom. The van der Waals surface area contributed by atoms with Crippen LogP contribution in [0.5, 0.6) is 0 Å². The Morgan fingerprint density at radius 2 is 1.57 bits per heavy atom. The molecule has 0 radical (unpaired) electrons. The van der Waals surface area contributed by atoms with Gasteiger partial charge >= 0.3 is 5.97 Å². The second kappa shape index (κ2) is 14.1. The van der Waals surface area contributed by atoms with Crippen molar-refractivity contribution in [3.05, 3.63) is 35.1 Å². The van der Waals surface area contributed by atoms with Crippen molar-refractivity contribution in [2.75, 3.05) is 13.1 Å². The highest BCUT2D eigenvalue weighted by atomic mass is 16.7. The predicted molar refractivity (Wildman–Crippen MR) is 140 cm³/mol. The van der Waals surface area contributed by atoms with E-state index in [0.717, 1.165) is 24.3 Å². The number of carbonyl (C=O) groups excluding carboxylic acids is 2. The van der Waals surface area contributed by atoms with E-state index in [2.05, 4.69) is 17.4 Å². The summed E-state index contributed by atoms with van der Waals surface area (Å²) in [5.41, 5.74) is 1.55. The van der Waals surface area contributed by atoms with Crippen molar-refractivity contribution in [1.29, 1.82) is 0 Å². The number of amides is 1. The molecule has 0 atom stereocenters. The van der Waals surface area contributed by atoms with E-state index in [4.69, 9.17) is 9.57 Å². The highest BCUT2D eigenvalue weighted by molar-refractivity contribution is 6.24. The van der Waals surface area contributed by atoms with Gasteiger partial charge in [-0.25, -0.2) is 4.79 Å². The van der Waals surface area contributed by atoms with Gasteiger partial charge in [0, 0.05) is 12.0 Å². The minimum atomic E-state index is -0.480. The molecule has 7 heteroatoms. The molecular weight excluding hydrogens is 442 g/mol. The first-order valence-electron chi connectivity index (χ1n) is 13.3. The number of hydrogen-bond donors (Lipinski definition) is 1. The van der Waals surface area contributed by atoms with Crippen LogP contribution < -0.4 is 5.32 Å². The average Bonchev–Trinajstić information content (AvgIpc) is 3.30. The molecule has 1 N–H and O–H groups in total. The van der Waals surface area contributed by atoms with E-state index in [9.17, 15) is 9.59 Å². The molecule has 196 valence electrons. The number of carbonyl (C=O) groups is 2. The number of nitrogens with one attached hydrogen (secondary N) is 1. The monoisotopic (exact) mass is 487 g/mol. The Morgan fingerprint density at radius 1 is 0.971 bits per heavy atom. The maximum atomic E-state index is 12.6. The fourth-order valence-electron chi connectivity index (χ4n) is 4.13. The lowest BCUT2D eigenvalue weighted by Crippen LogP contribution is -2.35. The SMILES string of the molecule is CCCCCCCCCCCCNC(=O)CN1C(=CC=C2C(=O)ON=C2C(C)(C)C)OC(C)=C1C. The third-order valence-electron chi connectivity index (χ3n) is 6.39. The molecule has 2 rings (SSSR count). The van der Waals surface area contributed by atoms with Gasteiger partial charge in [-0.2, -0.15) is 0 Å². The smallest absolute Gasteiger partial charge is 0.367 e. The summed E-state index contributed by atoms with van der Waals surface area (Å²) < 4.78 is 5.86. The molecule has 2 heterocycles. The topological polar surface area (TPSA) is 80.2 Å². The number of unbranched alkanes of at least 4 members (excludes halogenated alkanes) is 9. The number of ether oxygens (including phenoxy) is 1. The van der Waals surface area contributed by atoms with Gasteiger partial charge in [0.05, 0.1) is 11.3 Å². The second-order valence-electron chi connectivity index (χ2n) is 10.5. The van der Waals surface area contributed by atoms with Crippen LogP contribution in [0, 0.1) is 5.41 Å². The largest absolute Gasteiger partial charge is 0.444 e. The Kier molecular flexibility index (Phi) is 11.5. The van der Waals surface area contributed by atoms with E-state index in [1.807, 2.05) is 39.5 Å². The van der Waals surface area contributed by atoms with Crippen molar-refractivity contribution in [2.45, 2.75) is 106 Å². The normalized spacial score (nSPS) is 18.4. The van der Waals surface area contributed by atoms with Gasteiger partial charge in [-0.15, -0.1) is 0 Å². The Bertz CT molecular complexity index is 862. The van der Waals surface area contributed by atoms with Crippen molar-refractivity contribution in [2.24, 2.45) is 10.6 Å². The van der Waals surface area contributed by atoms with Crippen molar-refractivity contribution in [3.8, 4) is 0 Å². The zero-order valence-corrected chi connectivity index (χ0v) is 22.7. The van der Waals surface area contributed by atoms with E-state index in [1.165, 1.54) is 51.4 Å². The lowest BCUT2D eigenvalue weighted by atomic mass is 9.85. The van der Waals surface area contributed by atoms with Gasteiger partial charge in [0.1, 0.15) is 18.0 Å². The van der Waals surface area contributed by atoms with Crippen LogP contribution in [0.2, 0.25) is 0 Å². The lowest BCUT2D eigenvalue weighted by Gasteiger charge is -2.19. The first-order chi connectivity index (χ1) is 16.6. The molecule has 0 fully saturated rings. The molecule has 7 nitrogen and oxygen atoms in total. The molecule has 0 saturated heterocycles. The van der Waals surface area contributed by atoms with Crippen LogP contribution in [-0.4, -0.2) is 35.6 Å². The van der Waals surface area contributed by atoms with E-state index in [0.29, 0.717) is 23.7 Å². The number of nitrogens with zero attached hydrogens (tertiary/aromatic N) is 2. The van der Waals surface area contributed by atoms with Crippen LogP contribution in [0.4, 0.5) is 0 Å². The summed E-state index contributed by atoms with van der Waals surface area (Å²) in [5, 5.41) is 6.96. The molecule has 2 aliphatic rings. The maximum absolute atomic E-state index is 12.6. The number of oxime groups is 1. The molecule has 0 aromatic heterocycles. The van der Waals surface area contributed by atoms with E-state index in [1.54, 1.807) is 12.2 Å². The van der Waals surface area contributed by atoms with Crippen LogP contribution in [0.1, 0.15) is 106 Å². The maximum Gasteiger partial charge on any atom is 0.367 e. The number of rotatable bonds is 14. The number of hydrogen-bond acceptors (Lipinski definition) is 6.